The molecule has 1 rings (SSSR count). The molecule has 0 aliphatic carbocycles. The first-order valence-electron chi connectivity index (χ1n) is 11.3. The van der Waals surface area contributed by atoms with Gasteiger partial charge < -0.3 is 20.1 Å². The van der Waals surface area contributed by atoms with Gasteiger partial charge in [0, 0.05) is 58.8 Å². The maximum atomic E-state index is 11.7. The molecular weight excluding hydrogens is 384 g/mol. The Balaban J connectivity index is 1.97. The third-order valence-corrected chi connectivity index (χ3v) is 4.80. The highest BCUT2D eigenvalue weighted by molar-refractivity contribution is 5.77. The molecule has 0 radical (unpaired) electrons. The first-order valence-corrected chi connectivity index (χ1v) is 11.3. The Kier molecular flexibility index (Phi) is 13.2. The van der Waals surface area contributed by atoms with Crippen LogP contribution in [0.5, 0.6) is 0 Å². The number of amides is 2. The summed E-state index contributed by atoms with van der Waals surface area (Å²) in [6.45, 7) is 19.4. The topological polar surface area (TPSA) is 83.1 Å². The quantitative estimate of drug-likeness (QED) is 0.401. The zero-order chi connectivity index (χ0) is 22.4. The number of ether oxygens (including phenoxy) is 2. The molecule has 0 aromatic rings. The SMILES string of the molecule is CC(C)CNC(=O)CCOCCN1CCN(CCOCC(=O)NCC(C)(C)C)CC1. The molecule has 30 heavy (non-hydrogen) atoms. The minimum Gasteiger partial charge on any atom is -0.380 e. The van der Waals surface area contributed by atoms with Gasteiger partial charge in [-0.3, -0.25) is 19.4 Å². The van der Waals surface area contributed by atoms with E-state index < -0.39 is 0 Å². The Bertz CT molecular complexity index is 486. The van der Waals surface area contributed by atoms with Crippen molar-refractivity contribution in [1.82, 2.24) is 20.4 Å². The van der Waals surface area contributed by atoms with Crippen molar-refractivity contribution in [1.29, 1.82) is 0 Å². The third kappa shape index (κ3) is 14.7. The lowest BCUT2D eigenvalue weighted by Gasteiger charge is -2.34. The standard InChI is InChI=1S/C22H44N4O4/c1-19(2)16-23-20(27)6-13-29-14-11-25-7-9-26(10-8-25)12-15-30-17-21(28)24-18-22(3,4)5/h19H,6-18H2,1-5H3,(H,23,27)(H,24,28). The molecule has 0 atom stereocenters. The zero-order valence-electron chi connectivity index (χ0n) is 19.8. The lowest BCUT2D eigenvalue weighted by atomic mass is 9.97. The van der Waals surface area contributed by atoms with Crippen LogP contribution in [0.15, 0.2) is 0 Å². The lowest BCUT2D eigenvalue weighted by Crippen LogP contribution is -2.48. The van der Waals surface area contributed by atoms with Crippen molar-refractivity contribution in [3.8, 4) is 0 Å². The Morgan fingerprint density at radius 3 is 1.97 bits per heavy atom. The fourth-order valence-corrected chi connectivity index (χ4v) is 2.88. The van der Waals surface area contributed by atoms with Crippen molar-refractivity contribution in [2.45, 2.75) is 41.0 Å². The van der Waals surface area contributed by atoms with E-state index in [9.17, 15) is 9.59 Å². The number of nitrogens with one attached hydrogen (secondary N) is 2. The number of carbonyl (C=O) groups is 2. The van der Waals surface area contributed by atoms with Gasteiger partial charge in [-0.05, 0) is 11.3 Å². The van der Waals surface area contributed by atoms with Crippen LogP contribution in [0.3, 0.4) is 0 Å². The molecule has 0 aromatic carbocycles. The van der Waals surface area contributed by atoms with E-state index in [4.69, 9.17) is 9.47 Å². The number of carbonyl (C=O) groups excluding carboxylic acids is 2. The second-order valence-corrected chi connectivity index (χ2v) is 9.63. The van der Waals surface area contributed by atoms with Crippen molar-refractivity contribution < 1.29 is 19.1 Å². The van der Waals surface area contributed by atoms with Crippen molar-refractivity contribution in [2.75, 3.05) is 78.8 Å². The highest BCUT2D eigenvalue weighted by atomic mass is 16.5. The average Bonchev–Trinajstić information content (AvgIpc) is 2.68. The second kappa shape index (κ2) is 14.7. The van der Waals surface area contributed by atoms with Crippen LogP contribution < -0.4 is 10.6 Å². The van der Waals surface area contributed by atoms with Crippen molar-refractivity contribution in [3.05, 3.63) is 0 Å². The fraction of sp³-hybridized carbons (Fsp3) is 0.909. The summed E-state index contributed by atoms with van der Waals surface area (Å²) in [5.41, 5.74) is 0.0858. The van der Waals surface area contributed by atoms with Gasteiger partial charge in [0.25, 0.3) is 0 Å². The summed E-state index contributed by atoms with van der Waals surface area (Å²) in [7, 11) is 0. The predicted octanol–water partition coefficient (Wildman–Crippen LogP) is 0.962. The first-order chi connectivity index (χ1) is 14.2. The van der Waals surface area contributed by atoms with Crippen LogP contribution in [-0.4, -0.2) is 100 Å². The van der Waals surface area contributed by atoms with Gasteiger partial charge in [0.15, 0.2) is 0 Å². The summed E-state index contributed by atoms with van der Waals surface area (Å²) in [6, 6.07) is 0. The molecule has 8 nitrogen and oxygen atoms in total. The Morgan fingerprint density at radius 1 is 0.867 bits per heavy atom. The molecule has 0 spiro atoms. The van der Waals surface area contributed by atoms with Gasteiger partial charge in [0.1, 0.15) is 6.61 Å². The highest BCUT2D eigenvalue weighted by Gasteiger charge is 2.16. The summed E-state index contributed by atoms with van der Waals surface area (Å²) < 4.78 is 11.1. The minimum atomic E-state index is -0.0489. The zero-order valence-corrected chi connectivity index (χ0v) is 19.8. The largest absolute Gasteiger partial charge is 0.380 e. The molecule has 0 bridgehead atoms. The van der Waals surface area contributed by atoms with E-state index in [0.717, 1.165) is 45.8 Å². The number of piperazine rings is 1. The molecule has 1 fully saturated rings. The van der Waals surface area contributed by atoms with Crippen molar-refractivity contribution in [3.63, 3.8) is 0 Å². The average molecular weight is 429 g/mol. The van der Waals surface area contributed by atoms with Crippen molar-refractivity contribution >= 4 is 11.8 Å². The molecule has 1 heterocycles. The number of hydrogen-bond acceptors (Lipinski definition) is 6. The van der Waals surface area contributed by atoms with Gasteiger partial charge in [-0.15, -0.1) is 0 Å². The molecule has 1 aliphatic rings. The van der Waals surface area contributed by atoms with Crippen LogP contribution in [0.2, 0.25) is 0 Å². The predicted molar refractivity (Wildman–Crippen MR) is 119 cm³/mol. The summed E-state index contributed by atoms with van der Waals surface area (Å²) >= 11 is 0. The summed E-state index contributed by atoms with van der Waals surface area (Å²) in [5.74, 6) is 0.483. The maximum absolute atomic E-state index is 11.7. The molecule has 2 amide bonds. The van der Waals surface area contributed by atoms with Gasteiger partial charge in [0.2, 0.25) is 11.8 Å². The number of hydrogen-bond donors (Lipinski definition) is 2. The monoisotopic (exact) mass is 428 g/mol. The van der Waals surface area contributed by atoms with Crippen LogP contribution in [0.25, 0.3) is 0 Å². The van der Waals surface area contributed by atoms with E-state index in [2.05, 4.69) is 55.1 Å². The first kappa shape index (κ1) is 26.8. The minimum absolute atomic E-state index is 0.0489. The molecule has 0 unspecified atom stereocenters. The van der Waals surface area contributed by atoms with Crippen molar-refractivity contribution in [2.24, 2.45) is 11.3 Å². The molecule has 0 aromatic heterocycles. The highest BCUT2D eigenvalue weighted by Crippen LogP contribution is 2.09. The molecule has 1 saturated heterocycles. The smallest absolute Gasteiger partial charge is 0.246 e. The maximum Gasteiger partial charge on any atom is 0.246 e. The second-order valence-electron chi connectivity index (χ2n) is 9.63. The Labute approximate surface area is 183 Å². The molecule has 1 aliphatic heterocycles. The van der Waals surface area contributed by atoms with Gasteiger partial charge in [-0.2, -0.15) is 0 Å². The van der Waals surface area contributed by atoms with Gasteiger partial charge >= 0.3 is 0 Å². The number of rotatable bonds is 14. The Hall–Kier alpha value is -1.22. The van der Waals surface area contributed by atoms with Gasteiger partial charge in [0.05, 0.1) is 19.8 Å². The number of nitrogens with zero attached hydrogens (tertiary/aromatic N) is 2. The van der Waals surface area contributed by atoms with E-state index >= 15 is 0 Å². The molecule has 2 N–H and O–H groups in total. The molecule has 8 heteroatoms. The normalized spacial score (nSPS) is 16.1. The van der Waals surface area contributed by atoms with Gasteiger partial charge in [-0.1, -0.05) is 34.6 Å². The van der Waals surface area contributed by atoms with E-state index in [1.165, 1.54) is 0 Å². The summed E-state index contributed by atoms with van der Waals surface area (Å²) in [6.07, 6.45) is 0.425. The van der Waals surface area contributed by atoms with E-state index in [1.807, 2.05) is 0 Å². The molecule has 176 valence electrons. The van der Waals surface area contributed by atoms with Crippen LogP contribution in [-0.2, 0) is 19.1 Å². The fourth-order valence-electron chi connectivity index (χ4n) is 2.88. The third-order valence-electron chi connectivity index (χ3n) is 4.80. The van der Waals surface area contributed by atoms with Gasteiger partial charge in [-0.25, -0.2) is 0 Å². The summed E-state index contributed by atoms with van der Waals surface area (Å²) in [5, 5.41) is 5.79. The van der Waals surface area contributed by atoms with E-state index in [-0.39, 0.29) is 23.8 Å². The van der Waals surface area contributed by atoms with E-state index in [1.54, 1.807) is 0 Å². The van der Waals surface area contributed by atoms with Crippen LogP contribution >= 0.6 is 0 Å². The molecular formula is C22H44N4O4. The summed E-state index contributed by atoms with van der Waals surface area (Å²) in [4.78, 5) is 28.1. The van der Waals surface area contributed by atoms with Crippen LogP contribution in [0, 0.1) is 11.3 Å². The molecule has 0 saturated carbocycles. The van der Waals surface area contributed by atoms with E-state index in [0.29, 0.717) is 38.7 Å². The lowest BCUT2D eigenvalue weighted by molar-refractivity contribution is -0.126. The van der Waals surface area contributed by atoms with Crippen LogP contribution in [0.4, 0.5) is 0 Å². The van der Waals surface area contributed by atoms with Crippen LogP contribution in [0.1, 0.15) is 41.0 Å². The Morgan fingerprint density at radius 2 is 1.43 bits per heavy atom.